The maximum Gasteiger partial charge on any atom is 0.197 e. The first kappa shape index (κ1) is 16.7. The highest BCUT2D eigenvalue weighted by Crippen LogP contribution is 2.28. The largest absolute Gasteiger partial charge is 0.491 e. The van der Waals surface area contributed by atoms with E-state index < -0.39 is 6.10 Å². The molecule has 0 saturated carbocycles. The first-order valence-corrected chi connectivity index (χ1v) is 8.67. The SMILES string of the molecule is O=C1CC(=O)C(Cc2ccc(OC[C@@H](O)c3ccccc3)cc2)S1. The van der Waals surface area contributed by atoms with Crippen LogP contribution in [0.15, 0.2) is 54.6 Å². The van der Waals surface area contributed by atoms with Gasteiger partial charge in [-0.15, -0.1) is 0 Å². The maximum atomic E-state index is 11.7. The van der Waals surface area contributed by atoms with Crippen molar-refractivity contribution in [1.82, 2.24) is 0 Å². The predicted octanol–water partition coefficient (Wildman–Crippen LogP) is 2.94. The number of aliphatic hydroxyl groups excluding tert-OH is 1. The zero-order valence-electron chi connectivity index (χ0n) is 13.1. The van der Waals surface area contributed by atoms with E-state index in [1.165, 1.54) is 0 Å². The Morgan fingerprint density at radius 1 is 1.08 bits per heavy atom. The van der Waals surface area contributed by atoms with Crippen molar-refractivity contribution in [1.29, 1.82) is 0 Å². The van der Waals surface area contributed by atoms with E-state index in [2.05, 4.69) is 0 Å². The van der Waals surface area contributed by atoms with Crippen molar-refractivity contribution in [3.05, 3.63) is 65.7 Å². The zero-order valence-corrected chi connectivity index (χ0v) is 13.9. The fourth-order valence-corrected chi connectivity index (χ4v) is 3.59. The average Bonchev–Trinajstić information content (AvgIpc) is 2.92. The van der Waals surface area contributed by atoms with Gasteiger partial charge < -0.3 is 9.84 Å². The highest BCUT2D eigenvalue weighted by atomic mass is 32.2. The van der Waals surface area contributed by atoms with Crippen LogP contribution in [0.3, 0.4) is 0 Å². The van der Waals surface area contributed by atoms with Crippen molar-refractivity contribution in [2.24, 2.45) is 0 Å². The van der Waals surface area contributed by atoms with Gasteiger partial charge in [-0.2, -0.15) is 0 Å². The van der Waals surface area contributed by atoms with Crippen molar-refractivity contribution in [2.75, 3.05) is 6.61 Å². The lowest BCUT2D eigenvalue weighted by Crippen LogP contribution is -2.13. The average molecular weight is 342 g/mol. The molecule has 1 aliphatic heterocycles. The second kappa shape index (κ2) is 7.64. The van der Waals surface area contributed by atoms with Gasteiger partial charge in [-0.25, -0.2) is 0 Å². The van der Waals surface area contributed by atoms with Gasteiger partial charge in [-0.1, -0.05) is 54.2 Å². The molecule has 0 amide bonds. The minimum atomic E-state index is -0.676. The van der Waals surface area contributed by atoms with E-state index >= 15 is 0 Å². The van der Waals surface area contributed by atoms with E-state index in [9.17, 15) is 14.7 Å². The summed E-state index contributed by atoms with van der Waals surface area (Å²) < 4.78 is 5.61. The number of hydrogen-bond donors (Lipinski definition) is 1. The van der Waals surface area contributed by atoms with Gasteiger partial charge >= 0.3 is 0 Å². The number of benzene rings is 2. The van der Waals surface area contributed by atoms with E-state index in [1.54, 1.807) is 0 Å². The number of ether oxygens (including phenoxy) is 1. The molecule has 0 radical (unpaired) electrons. The Morgan fingerprint density at radius 2 is 1.79 bits per heavy atom. The predicted molar refractivity (Wildman–Crippen MR) is 93.1 cm³/mol. The highest BCUT2D eigenvalue weighted by molar-refractivity contribution is 8.15. The van der Waals surface area contributed by atoms with Crippen LogP contribution in [0, 0.1) is 0 Å². The van der Waals surface area contributed by atoms with E-state index in [-0.39, 0.29) is 29.2 Å². The molecular weight excluding hydrogens is 324 g/mol. The van der Waals surface area contributed by atoms with Crippen LogP contribution in [-0.4, -0.2) is 27.9 Å². The van der Waals surface area contributed by atoms with Gasteiger partial charge in [0.25, 0.3) is 0 Å². The van der Waals surface area contributed by atoms with Gasteiger partial charge in [0.05, 0.1) is 11.7 Å². The van der Waals surface area contributed by atoms with Crippen LogP contribution >= 0.6 is 11.8 Å². The van der Waals surface area contributed by atoms with Crippen LogP contribution in [0.25, 0.3) is 0 Å². The van der Waals surface area contributed by atoms with Crippen molar-refractivity contribution in [3.8, 4) is 5.75 Å². The highest BCUT2D eigenvalue weighted by Gasteiger charge is 2.31. The number of carbonyl (C=O) groups excluding carboxylic acids is 2. The van der Waals surface area contributed by atoms with Crippen LogP contribution in [0.4, 0.5) is 0 Å². The number of thioether (sulfide) groups is 1. The Balaban J connectivity index is 1.53. The number of aliphatic hydroxyl groups is 1. The van der Waals surface area contributed by atoms with Crippen molar-refractivity contribution in [3.63, 3.8) is 0 Å². The lowest BCUT2D eigenvalue weighted by Gasteiger charge is -2.13. The minimum Gasteiger partial charge on any atom is -0.491 e. The van der Waals surface area contributed by atoms with Crippen LogP contribution in [0.5, 0.6) is 5.75 Å². The summed E-state index contributed by atoms with van der Waals surface area (Å²) in [5.41, 5.74) is 1.81. The Kier molecular flexibility index (Phi) is 5.33. The molecule has 2 aromatic rings. The number of hydrogen-bond acceptors (Lipinski definition) is 5. The Bertz CT molecular complexity index is 712. The third-order valence-corrected chi connectivity index (χ3v) is 5.01. The minimum absolute atomic E-state index is 0.0105. The van der Waals surface area contributed by atoms with Gasteiger partial charge in [0.2, 0.25) is 0 Å². The van der Waals surface area contributed by atoms with Gasteiger partial charge in [0.1, 0.15) is 18.5 Å². The quantitative estimate of drug-likeness (QED) is 0.818. The summed E-state index contributed by atoms with van der Waals surface area (Å²) in [7, 11) is 0. The Hall–Kier alpha value is -2.11. The summed E-state index contributed by atoms with van der Waals surface area (Å²) in [6, 6.07) is 16.8. The molecule has 5 heteroatoms. The van der Waals surface area contributed by atoms with Gasteiger partial charge in [-0.3, -0.25) is 9.59 Å². The molecular formula is C19H18O4S. The molecule has 24 heavy (non-hydrogen) atoms. The fraction of sp³-hybridized carbons (Fsp3) is 0.263. The van der Waals surface area contributed by atoms with Crippen molar-refractivity contribution < 1.29 is 19.4 Å². The number of Topliss-reactive ketones (excluding diaryl/α,β-unsaturated/α-hetero) is 1. The molecule has 3 rings (SSSR count). The smallest absolute Gasteiger partial charge is 0.197 e. The Morgan fingerprint density at radius 3 is 2.42 bits per heavy atom. The lowest BCUT2D eigenvalue weighted by atomic mass is 10.1. The molecule has 1 heterocycles. The van der Waals surface area contributed by atoms with Gasteiger partial charge in [0.15, 0.2) is 10.9 Å². The van der Waals surface area contributed by atoms with Crippen LogP contribution in [0.1, 0.15) is 23.7 Å². The zero-order chi connectivity index (χ0) is 16.9. The molecule has 2 aromatic carbocycles. The van der Waals surface area contributed by atoms with Crippen LogP contribution in [0.2, 0.25) is 0 Å². The summed E-state index contributed by atoms with van der Waals surface area (Å²) in [5.74, 6) is 0.673. The first-order chi connectivity index (χ1) is 11.6. The molecule has 0 spiro atoms. The molecule has 2 atom stereocenters. The van der Waals surface area contributed by atoms with E-state index in [1.807, 2.05) is 54.6 Å². The maximum absolute atomic E-state index is 11.7. The molecule has 1 saturated heterocycles. The van der Waals surface area contributed by atoms with Crippen LogP contribution < -0.4 is 4.74 Å². The molecule has 1 unspecified atom stereocenters. The summed E-state index contributed by atoms with van der Waals surface area (Å²) in [5, 5.41) is 9.78. The van der Waals surface area contributed by atoms with Gasteiger partial charge in [-0.05, 0) is 29.7 Å². The molecule has 4 nitrogen and oxygen atoms in total. The second-order valence-corrected chi connectivity index (χ2v) is 6.97. The molecule has 0 bridgehead atoms. The third kappa shape index (κ3) is 4.24. The molecule has 1 N–H and O–H groups in total. The van der Waals surface area contributed by atoms with Crippen molar-refractivity contribution >= 4 is 22.7 Å². The van der Waals surface area contributed by atoms with Gasteiger partial charge in [0, 0.05) is 0 Å². The molecule has 124 valence electrons. The Labute approximate surface area is 144 Å². The number of ketones is 1. The molecule has 0 aromatic heterocycles. The number of carbonyl (C=O) groups is 2. The molecule has 1 fully saturated rings. The van der Waals surface area contributed by atoms with E-state index in [0.717, 1.165) is 22.9 Å². The first-order valence-electron chi connectivity index (χ1n) is 7.79. The lowest BCUT2D eigenvalue weighted by molar-refractivity contribution is -0.121. The monoisotopic (exact) mass is 342 g/mol. The number of rotatable bonds is 6. The van der Waals surface area contributed by atoms with Crippen molar-refractivity contribution in [2.45, 2.75) is 24.2 Å². The molecule has 0 aliphatic carbocycles. The normalized spacial score (nSPS) is 18.6. The summed E-state index contributed by atoms with van der Waals surface area (Å²) in [6.07, 6.45) is -0.0693. The fourth-order valence-electron chi connectivity index (χ4n) is 2.56. The topological polar surface area (TPSA) is 63.6 Å². The summed E-state index contributed by atoms with van der Waals surface area (Å²) >= 11 is 1.13. The summed E-state index contributed by atoms with van der Waals surface area (Å²) in [4.78, 5) is 22.9. The molecule has 1 aliphatic rings. The standard InChI is InChI=1S/C19H18O4S/c20-16-11-19(22)24-18(16)10-13-6-8-15(9-7-13)23-12-17(21)14-4-2-1-3-5-14/h1-9,17-18,21H,10-12H2/t17-,18?/m1/s1. The van der Waals surface area contributed by atoms with E-state index in [0.29, 0.717) is 12.2 Å². The van der Waals surface area contributed by atoms with Crippen LogP contribution in [-0.2, 0) is 16.0 Å². The summed E-state index contributed by atoms with van der Waals surface area (Å²) in [6.45, 7) is 0.175. The second-order valence-electron chi connectivity index (χ2n) is 5.71. The van der Waals surface area contributed by atoms with E-state index in [4.69, 9.17) is 4.74 Å². The third-order valence-electron chi connectivity index (χ3n) is 3.89.